The monoisotopic (exact) mass is 553 g/mol. The molecule has 41 heavy (non-hydrogen) atoms. The molecule has 1 saturated heterocycles. The normalized spacial score (nSPS) is 18.0. The molecule has 0 aliphatic carbocycles. The zero-order valence-corrected chi connectivity index (χ0v) is 24.3. The topological polar surface area (TPSA) is 106 Å². The number of nitrogens with one attached hydrogen (secondary N) is 4. The predicted octanol–water partition coefficient (Wildman–Crippen LogP) is 5.22. The van der Waals surface area contributed by atoms with Gasteiger partial charge in [-0.05, 0) is 75.1 Å². The molecule has 8 nitrogen and oxygen atoms in total. The van der Waals surface area contributed by atoms with Crippen molar-refractivity contribution >= 4 is 35.1 Å². The van der Waals surface area contributed by atoms with Crippen LogP contribution >= 0.6 is 0 Å². The van der Waals surface area contributed by atoms with Gasteiger partial charge in [-0.25, -0.2) is 0 Å². The van der Waals surface area contributed by atoms with Gasteiger partial charge < -0.3 is 25.8 Å². The first kappa shape index (κ1) is 28.4. The number of anilines is 1. The summed E-state index contributed by atoms with van der Waals surface area (Å²) in [6.45, 7) is 10.3. The van der Waals surface area contributed by atoms with Crippen LogP contribution in [0.1, 0.15) is 87.9 Å². The second-order valence-corrected chi connectivity index (χ2v) is 10.9. The minimum absolute atomic E-state index is 0.0282. The lowest BCUT2D eigenvalue weighted by atomic mass is 10.0. The number of hydrogen-bond acceptors (Lipinski definition) is 4. The van der Waals surface area contributed by atoms with E-state index in [1.165, 1.54) is 0 Å². The molecular weight excluding hydrogens is 514 g/mol. The Morgan fingerprint density at radius 1 is 1.12 bits per heavy atom. The van der Waals surface area contributed by atoms with Gasteiger partial charge in [0.15, 0.2) is 0 Å². The van der Waals surface area contributed by atoms with Crippen molar-refractivity contribution in [3.63, 3.8) is 0 Å². The van der Waals surface area contributed by atoms with Crippen LogP contribution in [0.3, 0.4) is 0 Å². The number of rotatable bonds is 9. The standard InChI is InChI=1S/C33H39N5O3/c1-5-27(22-11-8-7-9-12-22)36-31(39)23-14-15-28-25(17-23)26(32(40)37-28)18-29-20(3)30(21(4)35-29)33(41)38-16-10-13-24(38)19-34-6-2/h7-9,11-12,14-15,17-18,24,27,34-35H,5-6,10,13,16,19H2,1-4H3,(H,36,39)(H,37,40). The van der Waals surface area contributed by atoms with Gasteiger partial charge >= 0.3 is 0 Å². The highest BCUT2D eigenvalue weighted by atomic mass is 16.2. The number of carbonyl (C=O) groups excluding carboxylic acids is 3. The molecule has 2 aliphatic rings. The van der Waals surface area contributed by atoms with Gasteiger partial charge in [-0.15, -0.1) is 0 Å². The lowest BCUT2D eigenvalue weighted by molar-refractivity contribution is -0.110. The molecule has 2 aliphatic heterocycles. The molecule has 8 heteroatoms. The highest BCUT2D eigenvalue weighted by Crippen LogP contribution is 2.35. The van der Waals surface area contributed by atoms with Crippen LogP contribution in [0.2, 0.25) is 0 Å². The highest BCUT2D eigenvalue weighted by Gasteiger charge is 2.32. The van der Waals surface area contributed by atoms with E-state index in [4.69, 9.17) is 0 Å². The molecule has 0 bridgehead atoms. The predicted molar refractivity (Wildman–Crippen MR) is 163 cm³/mol. The molecule has 0 spiro atoms. The number of H-pyrrole nitrogens is 1. The SMILES string of the molecule is CCNCC1CCCN1C(=O)c1c(C)[nH]c(C=C2C(=O)Nc3ccc(C(=O)NC(CC)c4ccccc4)cc32)c1C. The Kier molecular flexibility index (Phi) is 8.40. The lowest BCUT2D eigenvalue weighted by Crippen LogP contribution is -2.41. The van der Waals surface area contributed by atoms with Crippen molar-refractivity contribution in [3.8, 4) is 0 Å². The number of hydrogen-bond donors (Lipinski definition) is 4. The van der Waals surface area contributed by atoms with Gasteiger partial charge in [0.05, 0.1) is 17.2 Å². The van der Waals surface area contributed by atoms with Crippen LogP contribution in [0.4, 0.5) is 5.69 Å². The first-order valence-electron chi connectivity index (χ1n) is 14.6. The summed E-state index contributed by atoms with van der Waals surface area (Å²) >= 11 is 0. The third-order valence-corrected chi connectivity index (χ3v) is 8.23. The Balaban J connectivity index is 1.41. The van der Waals surface area contributed by atoms with Gasteiger partial charge in [-0.1, -0.05) is 44.2 Å². The van der Waals surface area contributed by atoms with E-state index in [1.54, 1.807) is 24.3 Å². The zero-order valence-electron chi connectivity index (χ0n) is 24.3. The van der Waals surface area contributed by atoms with Crippen molar-refractivity contribution in [1.29, 1.82) is 0 Å². The number of aryl methyl sites for hydroxylation is 1. The van der Waals surface area contributed by atoms with Crippen LogP contribution in [0.25, 0.3) is 11.6 Å². The Hall–Kier alpha value is -4.17. The van der Waals surface area contributed by atoms with E-state index in [-0.39, 0.29) is 29.8 Å². The van der Waals surface area contributed by atoms with Crippen molar-refractivity contribution in [2.45, 2.75) is 59.0 Å². The summed E-state index contributed by atoms with van der Waals surface area (Å²) < 4.78 is 0. The average Bonchev–Trinajstić information content (AvgIpc) is 3.65. The molecular formula is C33H39N5O3. The third kappa shape index (κ3) is 5.70. The molecule has 0 radical (unpaired) electrons. The second-order valence-electron chi connectivity index (χ2n) is 10.9. The number of likely N-dealkylation sites (N-methyl/N-ethyl adjacent to an activating group) is 1. The van der Waals surface area contributed by atoms with Crippen LogP contribution in [-0.4, -0.2) is 53.3 Å². The molecule has 1 fully saturated rings. The van der Waals surface area contributed by atoms with Crippen LogP contribution in [0.15, 0.2) is 48.5 Å². The fourth-order valence-electron chi connectivity index (χ4n) is 5.97. The molecule has 3 aromatic rings. The molecule has 4 N–H and O–H groups in total. The molecule has 2 aromatic carbocycles. The van der Waals surface area contributed by atoms with Gasteiger partial charge in [0.25, 0.3) is 17.7 Å². The van der Waals surface area contributed by atoms with E-state index in [9.17, 15) is 14.4 Å². The minimum Gasteiger partial charge on any atom is -0.358 e. The number of benzene rings is 2. The Bertz CT molecular complexity index is 1490. The van der Waals surface area contributed by atoms with E-state index in [2.05, 4.69) is 27.9 Å². The molecule has 214 valence electrons. The van der Waals surface area contributed by atoms with Gasteiger partial charge in [0.2, 0.25) is 0 Å². The molecule has 2 unspecified atom stereocenters. The fraction of sp³-hybridized carbons (Fsp3) is 0.364. The van der Waals surface area contributed by atoms with Crippen LogP contribution in [-0.2, 0) is 4.79 Å². The molecule has 1 aromatic heterocycles. The Morgan fingerprint density at radius 3 is 2.63 bits per heavy atom. The van der Waals surface area contributed by atoms with Crippen molar-refractivity contribution in [2.75, 3.05) is 25.0 Å². The molecule has 3 heterocycles. The molecule has 3 amide bonds. The maximum absolute atomic E-state index is 13.6. The lowest BCUT2D eigenvalue weighted by Gasteiger charge is -2.25. The van der Waals surface area contributed by atoms with Crippen LogP contribution in [0.5, 0.6) is 0 Å². The van der Waals surface area contributed by atoms with Crippen molar-refractivity contribution in [2.24, 2.45) is 0 Å². The maximum Gasteiger partial charge on any atom is 0.256 e. The fourth-order valence-corrected chi connectivity index (χ4v) is 5.97. The summed E-state index contributed by atoms with van der Waals surface area (Å²) in [6, 6.07) is 15.2. The Morgan fingerprint density at radius 2 is 1.90 bits per heavy atom. The summed E-state index contributed by atoms with van der Waals surface area (Å²) in [7, 11) is 0. The smallest absolute Gasteiger partial charge is 0.256 e. The first-order chi connectivity index (χ1) is 19.8. The van der Waals surface area contributed by atoms with Gasteiger partial charge in [-0.2, -0.15) is 0 Å². The number of aromatic amines is 1. The number of nitrogens with zero attached hydrogens (tertiary/aromatic N) is 1. The van der Waals surface area contributed by atoms with E-state index in [0.29, 0.717) is 28.0 Å². The quantitative estimate of drug-likeness (QED) is 0.273. The van der Waals surface area contributed by atoms with E-state index in [0.717, 1.165) is 61.4 Å². The summed E-state index contributed by atoms with van der Waals surface area (Å²) in [5, 5.41) is 9.41. The maximum atomic E-state index is 13.6. The summed E-state index contributed by atoms with van der Waals surface area (Å²) in [5.74, 6) is -0.404. The van der Waals surface area contributed by atoms with Crippen molar-refractivity contribution < 1.29 is 14.4 Å². The number of aromatic nitrogens is 1. The van der Waals surface area contributed by atoms with Gasteiger partial charge in [0.1, 0.15) is 0 Å². The third-order valence-electron chi connectivity index (χ3n) is 8.23. The molecule has 5 rings (SSSR count). The van der Waals surface area contributed by atoms with Gasteiger partial charge in [0, 0.05) is 47.3 Å². The van der Waals surface area contributed by atoms with Crippen LogP contribution < -0.4 is 16.0 Å². The molecule has 2 atom stereocenters. The zero-order chi connectivity index (χ0) is 29.1. The first-order valence-corrected chi connectivity index (χ1v) is 14.6. The summed E-state index contributed by atoms with van der Waals surface area (Å²) in [5.41, 5.74) is 6.30. The van der Waals surface area contributed by atoms with E-state index < -0.39 is 0 Å². The minimum atomic E-state index is -0.238. The largest absolute Gasteiger partial charge is 0.358 e. The number of likely N-dealkylation sites (tertiary alicyclic amines) is 1. The van der Waals surface area contributed by atoms with E-state index >= 15 is 0 Å². The molecule has 0 saturated carbocycles. The highest BCUT2D eigenvalue weighted by molar-refractivity contribution is 6.35. The Labute approximate surface area is 241 Å². The second kappa shape index (κ2) is 12.1. The van der Waals surface area contributed by atoms with Gasteiger partial charge in [-0.3, -0.25) is 14.4 Å². The number of fused-ring (bicyclic) bond motifs is 1. The number of amides is 3. The van der Waals surface area contributed by atoms with Crippen molar-refractivity contribution in [3.05, 3.63) is 87.7 Å². The summed E-state index contributed by atoms with van der Waals surface area (Å²) in [4.78, 5) is 45.2. The average molecular weight is 554 g/mol. The van der Waals surface area contributed by atoms with Crippen LogP contribution in [0, 0.1) is 13.8 Å². The number of carbonyl (C=O) groups is 3. The summed E-state index contributed by atoms with van der Waals surface area (Å²) in [6.07, 6.45) is 4.54. The van der Waals surface area contributed by atoms with E-state index in [1.807, 2.05) is 56.0 Å². The van der Waals surface area contributed by atoms with Crippen molar-refractivity contribution in [1.82, 2.24) is 20.5 Å².